The molecule has 116 valence electrons. The summed E-state index contributed by atoms with van der Waals surface area (Å²) in [5.74, 6) is 0.681. The van der Waals surface area contributed by atoms with Gasteiger partial charge in [-0.2, -0.15) is 0 Å². The highest BCUT2D eigenvalue weighted by Crippen LogP contribution is 2.19. The van der Waals surface area contributed by atoms with Crippen molar-refractivity contribution in [2.75, 3.05) is 24.3 Å². The summed E-state index contributed by atoms with van der Waals surface area (Å²) in [6, 6.07) is 15.1. The maximum absolute atomic E-state index is 12.4. The summed E-state index contributed by atoms with van der Waals surface area (Å²) in [7, 11) is 3.90. The quantitative estimate of drug-likeness (QED) is 0.776. The van der Waals surface area contributed by atoms with Crippen LogP contribution in [-0.2, 0) is 0 Å². The third-order valence-electron chi connectivity index (χ3n) is 3.54. The average molecular weight is 306 g/mol. The number of rotatable bonds is 4. The van der Waals surface area contributed by atoms with Crippen molar-refractivity contribution in [3.05, 3.63) is 66.5 Å². The van der Waals surface area contributed by atoms with Crippen LogP contribution in [-0.4, -0.2) is 30.0 Å². The maximum atomic E-state index is 12.4. The summed E-state index contributed by atoms with van der Waals surface area (Å²) < 4.78 is 0. The molecule has 23 heavy (non-hydrogen) atoms. The van der Waals surface area contributed by atoms with Gasteiger partial charge in [0.15, 0.2) is 0 Å². The van der Waals surface area contributed by atoms with Gasteiger partial charge >= 0.3 is 0 Å². The number of nitrogens with zero attached hydrogens (tertiary/aromatic N) is 2. The van der Waals surface area contributed by atoms with Crippen LogP contribution in [0, 0.1) is 0 Å². The number of anilines is 2. The van der Waals surface area contributed by atoms with Crippen molar-refractivity contribution in [3.8, 4) is 11.4 Å². The Morgan fingerprint density at radius 2 is 1.91 bits per heavy atom. The van der Waals surface area contributed by atoms with Crippen molar-refractivity contribution in [3.63, 3.8) is 0 Å². The first-order valence-electron chi connectivity index (χ1n) is 7.32. The number of hydrogen-bond acceptors (Lipinski definition) is 3. The monoisotopic (exact) mass is 306 g/mol. The normalized spacial score (nSPS) is 10.3. The van der Waals surface area contributed by atoms with Gasteiger partial charge in [0, 0.05) is 49.0 Å². The first-order valence-corrected chi connectivity index (χ1v) is 7.32. The minimum absolute atomic E-state index is 0.126. The molecule has 0 aliphatic heterocycles. The minimum atomic E-state index is -0.126. The van der Waals surface area contributed by atoms with E-state index in [1.165, 1.54) is 0 Å². The number of amides is 1. The van der Waals surface area contributed by atoms with Gasteiger partial charge in [-0.15, -0.1) is 0 Å². The van der Waals surface area contributed by atoms with Gasteiger partial charge in [0.1, 0.15) is 5.82 Å². The Morgan fingerprint density at radius 1 is 1.13 bits per heavy atom. The Labute approximate surface area is 135 Å². The van der Waals surface area contributed by atoms with E-state index >= 15 is 0 Å². The van der Waals surface area contributed by atoms with Crippen LogP contribution in [0.15, 0.2) is 60.9 Å². The lowest BCUT2D eigenvalue weighted by molar-refractivity contribution is 0.102. The van der Waals surface area contributed by atoms with E-state index in [-0.39, 0.29) is 5.91 Å². The lowest BCUT2D eigenvalue weighted by Crippen LogP contribution is -2.14. The van der Waals surface area contributed by atoms with Crippen molar-refractivity contribution in [2.45, 2.75) is 0 Å². The van der Waals surface area contributed by atoms with Crippen molar-refractivity contribution >= 4 is 17.3 Å². The summed E-state index contributed by atoms with van der Waals surface area (Å²) in [6.07, 6.45) is 3.49. The number of carbonyl (C=O) groups is 1. The van der Waals surface area contributed by atoms with Gasteiger partial charge in [0.25, 0.3) is 5.91 Å². The molecule has 1 aromatic heterocycles. The van der Waals surface area contributed by atoms with E-state index < -0.39 is 0 Å². The average Bonchev–Trinajstić information content (AvgIpc) is 3.10. The van der Waals surface area contributed by atoms with Crippen LogP contribution in [0.25, 0.3) is 11.4 Å². The molecule has 0 fully saturated rings. The van der Waals surface area contributed by atoms with Crippen LogP contribution in [0.2, 0.25) is 0 Å². The van der Waals surface area contributed by atoms with Crippen LogP contribution < -0.4 is 10.2 Å². The van der Waals surface area contributed by atoms with Gasteiger partial charge in [-0.05, 0) is 42.5 Å². The Bertz CT molecular complexity index is 792. The number of nitrogens with one attached hydrogen (secondary N) is 2. The predicted molar refractivity (Wildman–Crippen MR) is 92.7 cm³/mol. The number of aromatic amines is 1. The van der Waals surface area contributed by atoms with Crippen LogP contribution >= 0.6 is 0 Å². The SMILES string of the molecule is CN(C)c1cccc(C(=O)Nc2ccc(-c3ncc[nH]3)cc2)c1. The van der Waals surface area contributed by atoms with Crippen LogP contribution in [0.5, 0.6) is 0 Å². The fourth-order valence-electron chi connectivity index (χ4n) is 2.26. The molecule has 1 heterocycles. The second-order valence-electron chi connectivity index (χ2n) is 5.41. The van der Waals surface area contributed by atoms with Crippen molar-refractivity contribution in [1.82, 2.24) is 9.97 Å². The Kier molecular flexibility index (Phi) is 4.10. The molecular weight excluding hydrogens is 288 g/mol. The molecule has 3 rings (SSSR count). The summed E-state index contributed by atoms with van der Waals surface area (Å²) in [5, 5.41) is 2.91. The second-order valence-corrected chi connectivity index (χ2v) is 5.41. The third-order valence-corrected chi connectivity index (χ3v) is 3.54. The molecule has 2 aromatic carbocycles. The molecule has 5 nitrogen and oxygen atoms in total. The topological polar surface area (TPSA) is 61.0 Å². The van der Waals surface area contributed by atoms with E-state index in [0.717, 1.165) is 22.8 Å². The van der Waals surface area contributed by atoms with E-state index in [2.05, 4.69) is 15.3 Å². The lowest BCUT2D eigenvalue weighted by atomic mass is 10.1. The molecule has 0 unspecified atom stereocenters. The van der Waals surface area contributed by atoms with Gasteiger partial charge in [-0.3, -0.25) is 4.79 Å². The van der Waals surface area contributed by atoms with E-state index in [1.54, 1.807) is 18.5 Å². The van der Waals surface area contributed by atoms with Crippen LogP contribution in [0.3, 0.4) is 0 Å². The Hall–Kier alpha value is -3.08. The molecule has 1 amide bonds. The summed E-state index contributed by atoms with van der Waals surface area (Å²) in [4.78, 5) is 21.6. The van der Waals surface area contributed by atoms with Gasteiger partial charge in [0.05, 0.1) is 0 Å². The van der Waals surface area contributed by atoms with Crippen molar-refractivity contribution in [1.29, 1.82) is 0 Å². The molecule has 0 saturated heterocycles. The van der Waals surface area contributed by atoms with Crippen molar-refractivity contribution < 1.29 is 4.79 Å². The molecule has 5 heteroatoms. The molecule has 3 aromatic rings. The molecule has 0 saturated carbocycles. The third kappa shape index (κ3) is 3.40. The number of carbonyl (C=O) groups excluding carboxylic acids is 1. The fourth-order valence-corrected chi connectivity index (χ4v) is 2.26. The zero-order chi connectivity index (χ0) is 16.2. The lowest BCUT2D eigenvalue weighted by Gasteiger charge is -2.13. The molecule has 0 bridgehead atoms. The van der Waals surface area contributed by atoms with Crippen LogP contribution in [0.4, 0.5) is 11.4 Å². The largest absolute Gasteiger partial charge is 0.378 e. The smallest absolute Gasteiger partial charge is 0.255 e. The Balaban J connectivity index is 1.74. The van der Waals surface area contributed by atoms with Gasteiger partial charge in [0.2, 0.25) is 0 Å². The molecule has 0 atom stereocenters. The van der Waals surface area contributed by atoms with Gasteiger partial charge in [-0.1, -0.05) is 6.07 Å². The second kappa shape index (κ2) is 6.36. The highest BCUT2D eigenvalue weighted by atomic mass is 16.1. The highest BCUT2D eigenvalue weighted by molar-refractivity contribution is 6.04. The number of H-pyrrole nitrogens is 1. The summed E-state index contributed by atoms with van der Waals surface area (Å²) >= 11 is 0. The van der Waals surface area contributed by atoms with E-state index in [1.807, 2.05) is 61.5 Å². The Morgan fingerprint density at radius 3 is 2.57 bits per heavy atom. The zero-order valence-corrected chi connectivity index (χ0v) is 13.1. The van der Waals surface area contributed by atoms with E-state index in [0.29, 0.717) is 5.56 Å². The molecule has 2 N–H and O–H groups in total. The molecule has 0 radical (unpaired) electrons. The summed E-state index contributed by atoms with van der Waals surface area (Å²) in [5.41, 5.74) is 3.35. The van der Waals surface area contributed by atoms with Crippen molar-refractivity contribution in [2.24, 2.45) is 0 Å². The predicted octanol–water partition coefficient (Wildman–Crippen LogP) is 3.40. The number of imidazole rings is 1. The fraction of sp³-hybridized carbons (Fsp3) is 0.111. The summed E-state index contributed by atoms with van der Waals surface area (Å²) in [6.45, 7) is 0. The minimum Gasteiger partial charge on any atom is -0.378 e. The van der Waals surface area contributed by atoms with E-state index in [4.69, 9.17) is 0 Å². The molecule has 0 aliphatic rings. The standard InChI is InChI=1S/C18H18N4O/c1-22(2)16-5-3-4-14(12-16)18(23)21-15-8-6-13(7-9-15)17-19-10-11-20-17/h3-12H,1-2H3,(H,19,20)(H,21,23). The van der Waals surface area contributed by atoms with E-state index in [9.17, 15) is 4.79 Å². The number of benzene rings is 2. The first kappa shape index (κ1) is 14.8. The molecule has 0 aliphatic carbocycles. The first-order chi connectivity index (χ1) is 11.1. The van der Waals surface area contributed by atoms with Crippen LogP contribution in [0.1, 0.15) is 10.4 Å². The number of aromatic nitrogens is 2. The zero-order valence-electron chi connectivity index (χ0n) is 13.1. The maximum Gasteiger partial charge on any atom is 0.255 e. The number of hydrogen-bond donors (Lipinski definition) is 2. The molecule has 0 spiro atoms. The molecular formula is C18H18N4O. The van der Waals surface area contributed by atoms with Gasteiger partial charge in [-0.25, -0.2) is 4.98 Å². The highest BCUT2D eigenvalue weighted by Gasteiger charge is 2.08. The van der Waals surface area contributed by atoms with Gasteiger partial charge < -0.3 is 15.2 Å².